The van der Waals surface area contributed by atoms with Crippen LogP contribution >= 0.6 is 11.6 Å². The second kappa shape index (κ2) is 4.21. The molecule has 0 aliphatic carbocycles. The van der Waals surface area contributed by atoms with E-state index >= 15 is 0 Å². The SMILES string of the molecule is CC(C)(Cl)CC(=O)/C=C(\O)C(F)(F)F. The van der Waals surface area contributed by atoms with Crippen molar-refractivity contribution >= 4 is 17.4 Å². The zero-order valence-corrected chi connectivity index (χ0v) is 8.41. The number of halogens is 4. The van der Waals surface area contributed by atoms with Gasteiger partial charge in [-0.3, -0.25) is 4.79 Å². The number of rotatable bonds is 3. The maximum absolute atomic E-state index is 11.7. The average molecular weight is 231 g/mol. The molecule has 0 saturated heterocycles. The van der Waals surface area contributed by atoms with Crippen molar-refractivity contribution < 1.29 is 23.1 Å². The van der Waals surface area contributed by atoms with Gasteiger partial charge in [0.05, 0.1) is 0 Å². The number of alkyl halides is 4. The Balaban J connectivity index is 4.46. The van der Waals surface area contributed by atoms with Crippen LogP contribution in [0.25, 0.3) is 0 Å². The highest BCUT2D eigenvalue weighted by molar-refractivity contribution is 6.24. The van der Waals surface area contributed by atoms with E-state index < -0.39 is 22.6 Å². The van der Waals surface area contributed by atoms with Crippen LogP contribution in [0.15, 0.2) is 11.8 Å². The number of hydrogen-bond donors (Lipinski definition) is 1. The standard InChI is InChI=1S/C8H10ClF3O2/c1-7(2,9)4-5(13)3-6(14)8(10,11)12/h3,14H,4H2,1-2H3/b6-3-. The van der Waals surface area contributed by atoms with Gasteiger partial charge in [0.25, 0.3) is 0 Å². The zero-order valence-electron chi connectivity index (χ0n) is 7.65. The van der Waals surface area contributed by atoms with Gasteiger partial charge in [0.15, 0.2) is 5.78 Å². The Morgan fingerprint density at radius 2 is 1.86 bits per heavy atom. The molecule has 0 rings (SSSR count). The van der Waals surface area contributed by atoms with Crippen molar-refractivity contribution in [3.8, 4) is 0 Å². The smallest absolute Gasteiger partial charge is 0.448 e. The van der Waals surface area contributed by atoms with E-state index in [1.165, 1.54) is 13.8 Å². The number of carbonyl (C=O) groups excluding carboxylic acids is 1. The first-order valence-electron chi connectivity index (χ1n) is 3.72. The molecule has 0 bridgehead atoms. The lowest BCUT2D eigenvalue weighted by molar-refractivity contribution is -0.125. The van der Waals surface area contributed by atoms with Crippen LogP contribution in [0.4, 0.5) is 13.2 Å². The van der Waals surface area contributed by atoms with Crippen LogP contribution in [0.5, 0.6) is 0 Å². The Kier molecular flexibility index (Phi) is 4.00. The molecule has 0 aromatic rings. The Labute approximate surface area is 84.4 Å². The number of allylic oxidation sites excluding steroid dienone is 2. The molecule has 1 N–H and O–H groups in total. The molecular formula is C8H10ClF3O2. The summed E-state index contributed by atoms with van der Waals surface area (Å²) in [5.41, 5.74) is 0. The van der Waals surface area contributed by atoms with E-state index in [0.717, 1.165) is 0 Å². The highest BCUT2D eigenvalue weighted by atomic mass is 35.5. The van der Waals surface area contributed by atoms with Crippen LogP contribution in [0, 0.1) is 0 Å². The molecule has 0 saturated carbocycles. The zero-order chi connectivity index (χ0) is 11.6. The molecule has 0 aliphatic heterocycles. The number of carbonyl (C=O) groups is 1. The van der Waals surface area contributed by atoms with Gasteiger partial charge in [-0.05, 0) is 13.8 Å². The predicted octanol–water partition coefficient (Wildman–Crippen LogP) is 2.97. The van der Waals surface area contributed by atoms with Crippen molar-refractivity contribution in [2.45, 2.75) is 31.3 Å². The van der Waals surface area contributed by atoms with Crippen LogP contribution in [0.3, 0.4) is 0 Å². The van der Waals surface area contributed by atoms with Gasteiger partial charge in [0.1, 0.15) is 0 Å². The largest absolute Gasteiger partial charge is 0.504 e. The van der Waals surface area contributed by atoms with Gasteiger partial charge < -0.3 is 5.11 Å². The van der Waals surface area contributed by atoms with Crippen LogP contribution in [0.2, 0.25) is 0 Å². The molecule has 0 radical (unpaired) electrons. The fourth-order valence-electron chi connectivity index (χ4n) is 0.700. The van der Waals surface area contributed by atoms with Crippen LogP contribution in [-0.2, 0) is 4.79 Å². The van der Waals surface area contributed by atoms with Crippen molar-refractivity contribution in [1.82, 2.24) is 0 Å². The summed E-state index contributed by atoms with van der Waals surface area (Å²) in [7, 11) is 0. The van der Waals surface area contributed by atoms with E-state index in [-0.39, 0.29) is 12.5 Å². The Morgan fingerprint density at radius 1 is 1.43 bits per heavy atom. The van der Waals surface area contributed by atoms with E-state index in [1.54, 1.807) is 0 Å². The second-order valence-electron chi connectivity index (χ2n) is 3.39. The molecule has 6 heteroatoms. The highest BCUT2D eigenvalue weighted by Gasteiger charge is 2.34. The van der Waals surface area contributed by atoms with E-state index in [4.69, 9.17) is 16.7 Å². The lowest BCUT2D eigenvalue weighted by atomic mass is 10.1. The number of aliphatic hydroxyl groups is 1. The van der Waals surface area contributed by atoms with E-state index in [9.17, 15) is 18.0 Å². The molecule has 0 heterocycles. The first kappa shape index (κ1) is 13.3. The summed E-state index contributed by atoms with van der Waals surface area (Å²) < 4.78 is 35.2. The quantitative estimate of drug-likeness (QED) is 0.460. The maximum atomic E-state index is 11.7. The van der Waals surface area contributed by atoms with Crippen molar-refractivity contribution in [2.75, 3.05) is 0 Å². The molecular weight excluding hydrogens is 221 g/mol. The van der Waals surface area contributed by atoms with Crippen molar-refractivity contribution in [1.29, 1.82) is 0 Å². The molecule has 14 heavy (non-hydrogen) atoms. The lowest BCUT2D eigenvalue weighted by Gasteiger charge is -2.12. The normalized spacial score (nSPS) is 14.3. The molecule has 0 aliphatic rings. The molecule has 0 spiro atoms. The second-order valence-corrected chi connectivity index (χ2v) is 4.41. The number of aliphatic hydroxyl groups excluding tert-OH is 1. The summed E-state index contributed by atoms with van der Waals surface area (Å²) >= 11 is 5.61. The van der Waals surface area contributed by atoms with E-state index in [0.29, 0.717) is 0 Å². The number of ketones is 1. The molecule has 2 nitrogen and oxygen atoms in total. The maximum Gasteiger partial charge on any atom is 0.448 e. The third kappa shape index (κ3) is 5.85. The van der Waals surface area contributed by atoms with Gasteiger partial charge in [-0.1, -0.05) is 0 Å². The summed E-state index contributed by atoms with van der Waals surface area (Å²) in [6.07, 6.45) is -5.01. The predicted molar refractivity (Wildman–Crippen MR) is 46.3 cm³/mol. The average Bonchev–Trinajstić information content (AvgIpc) is 1.79. The third-order valence-corrected chi connectivity index (χ3v) is 1.32. The summed E-state index contributed by atoms with van der Waals surface area (Å²) in [6, 6.07) is 0. The summed E-state index contributed by atoms with van der Waals surface area (Å²) in [5, 5.41) is 8.43. The minimum atomic E-state index is -4.88. The summed E-state index contributed by atoms with van der Waals surface area (Å²) in [5.74, 6) is -2.76. The summed E-state index contributed by atoms with van der Waals surface area (Å²) in [6.45, 7) is 2.98. The molecule has 0 atom stereocenters. The molecule has 0 fully saturated rings. The minimum absolute atomic E-state index is 0.143. The van der Waals surface area contributed by atoms with E-state index in [1.807, 2.05) is 0 Å². The molecule has 0 amide bonds. The molecule has 82 valence electrons. The van der Waals surface area contributed by atoms with Crippen molar-refractivity contribution in [2.24, 2.45) is 0 Å². The fraction of sp³-hybridized carbons (Fsp3) is 0.625. The first-order chi connectivity index (χ1) is 6.02. The van der Waals surface area contributed by atoms with Crippen LogP contribution in [0.1, 0.15) is 20.3 Å². The monoisotopic (exact) mass is 230 g/mol. The van der Waals surface area contributed by atoms with Crippen molar-refractivity contribution in [3.63, 3.8) is 0 Å². The van der Waals surface area contributed by atoms with E-state index in [2.05, 4.69) is 0 Å². The Hall–Kier alpha value is -0.710. The molecule has 0 aromatic heterocycles. The number of hydrogen-bond acceptors (Lipinski definition) is 2. The summed E-state index contributed by atoms with van der Waals surface area (Å²) in [4.78, 5) is 9.98. The first-order valence-corrected chi connectivity index (χ1v) is 4.10. The van der Waals surface area contributed by atoms with Gasteiger partial charge in [-0.25, -0.2) is 0 Å². The van der Waals surface area contributed by atoms with Gasteiger partial charge in [0, 0.05) is 17.4 Å². The van der Waals surface area contributed by atoms with Crippen LogP contribution < -0.4 is 0 Å². The Morgan fingerprint density at radius 3 is 2.14 bits per heavy atom. The van der Waals surface area contributed by atoms with Crippen LogP contribution in [-0.4, -0.2) is 21.9 Å². The van der Waals surface area contributed by atoms with Gasteiger partial charge in [0.2, 0.25) is 5.76 Å². The third-order valence-electron chi connectivity index (χ3n) is 1.18. The Bertz CT molecular complexity index is 250. The molecule has 0 unspecified atom stereocenters. The van der Waals surface area contributed by atoms with Gasteiger partial charge in [-0.2, -0.15) is 13.2 Å². The molecule has 0 aromatic carbocycles. The van der Waals surface area contributed by atoms with Crippen molar-refractivity contribution in [3.05, 3.63) is 11.8 Å². The van der Waals surface area contributed by atoms with Gasteiger partial charge in [-0.15, -0.1) is 11.6 Å². The van der Waals surface area contributed by atoms with Gasteiger partial charge >= 0.3 is 6.18 Å². The highest BCUT2D eigenvalue weighted by Crippen LogP contribution is 2.24. The lowest BCUT2D eigenvalue weighted by Crippen LogP contribution is -2.18. The minimum Gasteiger partial charge on any atom is -0.504 e. The topological polar surface area (TPSA) is 37.3 Å². The fourth-order valence-corrected chi connectivity index (χ4v) is 0.831.